The first kappa shape index (κ1) is 18.5. The van der Waals surface area contributed by atoms with E-state index in [1.54, 1.807) is 7.11 Å². The Morgan fingerprint density at radius 1 is 1.14 bits per heavy atom. The van der Waals surface area contributed by atoms with Crippen molar-refractivity contribution in [3.05, 3.63) is 53.1 Å². The first-order valence-electron chi connectivity index (χ1n) is 9.31. The lowest BCUT2D eigenvalue weighted by atomic mass is 9.98. The van der Waals surface area contributed by atoms with Crippen molar-refractivity contribution in [2.45, 2.75) is 17.9 Å². The molecule has 3 heterocycles. The van der Waals surface area contributed by atoms with E-state index >= 15 is 0 Å². The predicted octanol–water partition coefficient (Wildman–Crippen LogP) is 2.51. The highest BCUT2D eigenvalue weighted by Gasteiger charge is 2.34. The Hall–Kier alpha value is -2.52. The molecule has 3 aliphatic rings. The van der Waals surface area contributed by atoms with E-state index in [1.807, 2.05) is 40.1 Å². The van der Waals surface area contributed by atoms with Crippen molar-refractivity contribution in [1.82, 2.24) is 4.90 Å². The number of amides is 1. The molecule has 9 heteroatoms. The lowest BCUT2D eigenvalue weighted by molar-refractivity contribution is 0.0734. The Bertz CT molecular complexity index is 1160. The molecule has 0 unspecified atom stereocenters. The first-order valence-corrected chi connectivity index (χ1v) is 11.7. The summed E-state index contributed by atoms with van der Waals surface area (Å²) in [7, 11) is -1.75. The average molecular weight is 430 g/mol. The third kappa shape index (κ3) is 3.28. The van der Waals surface area contributed by atoms with Crippen LogP contribution in [0.4, 0.5) is 5.69 Å². The average Bonchev–Trinajstić information content (AvgIpc) is 3.07. The molecule has 0 fully saturated rings. The Kier molecular flexibility index (Phi) is 4.32. The maximum atomic E-state index is 13.1. The predicted molar refractivity (Wildman–Crippen MR) is 112 cm³/mol. The fourth-order valence-corrected chi connectivity index (χ4v) is 6.18. The van der Waals surface area contributed by atoms with Gasteiger partial charge in [-0.15, -0.1) is 4.40 Å². The molecule has 0 saturated heterocycles. The summed E-state index contributed by atoms with van der Waals surface area (Å²) in [4.78, 5) is 17.7. The summed E-state index contributed by atoms with van der Waals surface area (Å²) in [6, 6.07) is 11.5. The zero-order valence-corrected chi connectivity index (χ0v) is 17.4. The van der Waals surface area contributed by atoms with Crippen molar-refractivity contribution >= 4 is 38.5 Å². The molecule has 0 spiro atoms. The molecular weight excluding hydrogens is 410 g/mol. The van der Waals surface area contributed by atoms with Crippen LogP contribution in [-0.4, -0.2) is 50.3 Å². The van der Waals surface area contributed by atoms with E-state index in [4.69, 9.17) is 4.74 Å². The molecule has 0 N–H and O–H groups in total. The number of thioether (sulfide) groups is 1. The second-order valence-corrected chi connectivity index (χ2v) is 9.97. The number of ether oxygens (including phenoxy) is 1. The number of amidine groups is 1. The summed E-state index contributed by atoms with van der Waals surface area (Å²) >= 11 is 1.30. The van der Waals surface area contributed by atoms with Crippen LogP contribution in [0, 0.1) is 0 Å². The minimum Gasteiger partial charge on any atom is -0.497 e. The number of anilines is 1. The van der Waals surface area contributed by atoms with Gasteiger partial charge >= 0.3 is 0 Å². The molecule has 1 amide bonds. The second-order valence-electron chi connectivity index (χ2n) is 7.21. The maximum absolute atomic E-state index is 13.1. The fraction of sp³-hybridized carbons (Fsp3) is 0.300. The highest BCUT2D eigenvalue weighted by atomic mass is 32.2. The number of hydrogen-bond acceptors (Lipinski definition) is 6. The van der Waals surface area contributed by atoms with Gasteiger partial charge in [0.05, 0.1) is 18.6 Å². The molecule has 2 aromatic carbocycles. The zero-order valence-electron chi connectivity index (χ0n) is 15.8. The lowest BCUT2D eigenvalue weighted by Gasteiger charge is -2.29. The molecule has 7 nitrogen and oxygen atoms in total. The SMILES string of the molecule is COc1ccc2c(c1)CN(C(=O)c1ccc3c(c1)SC1=NS(=O)(=O)CCN13)CC2. The Balaban J connectivity index is 1.40. The van der Waals surface area contributed by atoms with Crippen LogP contribution in [-0.2, 0) is 23.0 Å². The molecule has 0 atom stereocenters. The van der Waals surface area contributed by atoms with Crippen molar-refractivity contribution in [3.63, 3.8) is 0 Å². The Labute approximate surface area is 173 Å². The number of methoxy groups -OCH3 is 1. The molecular formula is C20H19N3O4S2. The van der Waals surface area contributed by atoms with Crippen LogP contribution >= 0.6 is 11.8 Å². The minimum atomic E-state index is -3.39. The van der Waals surface area contributed by atoms with E-state index in [0.29, 0.717) is 30.4 Å². The molecule has 0 aromatic heterocycles. The number of sulfonamides is 1. The van der Waals surface area contributed by atoms with Gasteiger partial charge in [-0.3, -0.25) is 4.79 Å². The number of rotatable bonds is 2. The van der Waals surface area contributed by atoms with Crippen LogP contribution < -0.4 is 9.64 Å². The summed E-state index contributed by atoms with van der Waals surface area (Å²) in [5.41, 5.74) is 3.87. The number of benzene rings is 2. The normalized spacial score (nSPS) is 19.1. The summed E-state index contributed by atoms with van der Waals surface area (Å²) in [5, 5.41) is 0.467. The molecule has 5 rings (SSSR count). The molecule has 0 aliphatic carbocycles. The van der Waals surface area contributed by atoms with E-state index in [1.165, 1.54) is 17.3 Å². The van der Waals surface area contributed by atoms with Crippen molar-refractivity contribution in [2.75, 3.05) is 30.9 Å². The molecule has 0 saturated carbocycles. The van der Waals surface area contributed by atoms with Gasteiger partial charge in [0.2, 0.25) is 0 Å². The molecule has 2 aromatic rings. The Morgan fingerprint density at radius 2 is 2.00 bits per heavy atom. The van der Waals surface area contributed by atoms with Crippen LogP contribution in [0.2, 0.25) is 0 Å². The number of carbonyl (C=O) groups excluding carboxylic acids is 1. The van der Waals surface area contributed by atoms with Crippen molar-refractivity contribution in [2.24, 2.45) is 4.40 Å². The summed E-state index contributed by atoms with van der Waals surface area (Å²) in [5.74, 6) is 0.772. The highest BCUT2D eigenvalue weighted by Crippen LogP contribution is 2.42. The van der Waals surface area contributed by atoms with E-state index in [0.717, 1.165) is 28.3 Å². The van der Waals surface area contributed by atoms with Crippen LogP contribution in [0.15, 0.2) is 45.7 Å². The van der Waals surface area contributed by atoms with Crippen LogP contribution in [0.5, 0.6) is 5.75 Å². The van der Waals surface area contributed by atoms with Gasteiger partial charge in [0.15, 0.2) is 5.17 Å². The third-order valence-corrected chi connectivity index (χ3v) is 7.74. The van der Waals surface area contributed by atoms with Crippen molar-refractivity contribution in [3.8, 4) is 5.75 Å². The maximum Gasteiger partial charge on any atom is 0.257 e. The first-order chi connectivity index (χ1) is 13.9. The number of carbonyl (C=O) groups is 1. The lowest BCUT2D eigenvalue weighted by Crippen LogP contribution is -2.36. The molecule has 0 bridgehead atoms. The largest absolute Gasteiger partial charge is 0.497 e. The van der Waals surface area contributed by atoms with Crippen LogP contribution in [0.25, 0.3) is 0 Å². The van der Waals surface area contributed by atoms with Gasteiger partial charge in [-0.05, 0) is 59.6 Å². The van der Waals surface area contributed by atoms with Gasteiger partial charge in [-0.1, -0.05) is 6.07 Å². The zero-order chi connectivity index (χ0) is 20.2. The number of fused-ring (bicyclic) bond motifs is 4. The molecule has 29 heavy (non-hydrogen) atoms. The summed E-state index contributed by atoms with van der Waals surface area (Å²) < 4.78 is 32.7. The minimum absolute atomic E-state index is 0.00777. The second kappa shape index (κ2) is 6.77. The summed E-state index contributed by atoms with van der Waals surface area (Å²) in [6.45, 7) is 1.60. The summed E-state index contributed by atoms with van der Waals surface area (Å²) in [6.07, 6.45) is 0.813. The monoisotopic (exact) mass is 429 g/mol. The highest BCUT2D eigenvalue weighted by molar-refractivity contribution is 8.15. The molecule has 3 aliphatic heterocycles. The van der Waals surface area contributed by atoms with Gasteiger partial charge < -0.3 is 14.5 Å². The van der Waals surface area contributed by atoms with Crippen LogP contribution in [0.3, 0.4) is 0 Å². The Morgan fingerprint density at radius 3 is 2.83 bits per heavy atom. The third-order valence-electron chi connectivity index (χ3n) is 5.43. The van der Waals surface area contributed by atoms with Gasteiger partial charge in [-0.2, -0.15) is 0 Å². The van der Waals surface area contributed by atoms with Crippen molar-refractivity contribution in [1.29, 1.82) is 0 Å². The molecule has 0 radical (unpaired) electrons. The van der Waals surface area contributed by atoms with Gasteiger partial charge in [0.1, 0.15) is 5.75 Å². The molecule has 150 valence electrons. The fourth-order valence-electron chi connectivity index (χ4n) is 3.88. The number of nitrogens with zero attached hydrogens (tertiary/aromatic N) is 3. The van der Waals surface area contributed by atoms with Crippen LogP contribution in [0.1, 0.15) is 21.5 Å². The standard InChI is InChI=1S/C20H19N3O4S2/c1-27-16-4-2-13-6-7-22(12-15(13)10-16)19(24)14-3-5-17-18(11-14)28-20-21-29(25,26)9-8-23(17)20/h2-5,10-11H,6-9,12H2,1H3. The van der Waals surface area contributed by atoms with E-state index < -0.39 is 10.0 Å². The topological polar surface area (TPSA) is 79.3 Å². The van der Waals surface area contributed by atoms with Crippen molar-refractivity contribution < 1.29 is 17.9 Å². The van der Waals surface area contributed by atoms with Gasteiger partial charge in [-0.25, -0.2) is 8.42 Å². The van der Waals surface area contributed by atoms with Gasteiger partial charge in [0.25, 0.3) is 15.9 Å². The van der Waals surface area contributed by atoms with E-state index in [9.17, 15) is 13.2 Å². The smallest absolute Gasteiger partial charge is 0.257 e. The number of hydrogen-bond donors (Lipinski definition) is 0. The van der Waals surface area contributed by atoms with E-state index in [-0.39, 0.29) is 11.7 Å². The van der Waals surface area contributed by atoms with Gasteiger partial charge in [0, 0.05) is 30.1 Å². The quantitative estimate of drug-likeness (QED) is 0.730. The van der Waals surface area contributed by atoms with E-state index in [2.05, 4.69) is 10.5 Å².